The fraction of sp³-hybridized carbons (Fsp3) is 0.364. The van der Waals surface area contributed by atoms with Gasteiger partial charge in [-0.2, -0.15) is 0 Å². The number of carbonyl (C=O) groups is 1. The van der Waals surface area contributed by atoms with E-state index in [2.05, 4.69) is 0 Å². The molecule has 0 fully saturated rings. The van der Waals surface area contributed by atoms with Crippen LogP contribution in [0.15, 0.2) is 24.3 Å². The van der Waals surface area contributed by atoms with E-state index in [0.29, 0.717) is 24.3 Å². The molecular formula is C11H12O4. The van der Waals surface area contributed by atoms with Crippen LogP contribution in [0.1, 0.15) is 12.0 Å². The summed E-state index contributed by atoms with van der Waals surface area (Å²) in [6, 6.07) is 6.95. The van der Waals surface area contributed by atoms with Crippen LogP contribution in [0.3, 0.4) is 0 Å². The third-order valence-electron chi connectivity index (χ3n) is 2.87. The SMILES string of the molecule is O=C(O)C1(CO)CCOc2ccccc21. The fourth-order valence-corrected chi connectivity index (χ4v) is 1.91. The summed E-state index contributed by atoms with van der Waals surface area (Å²) in [6.45, 7) is -0.0768. The predicted molar refractivity (Wildman–Crippen MR) is 53.0 cm³/mol. The van der Waals surface area contributed by atoms with E-state index in [1.54, 1.807) is 24.3 Å². The molecule has 1 heterocycles. The number of carboxylic acids is 1. The Morgan fingerprint density at radius 2 is 2.20 bits per heavy atom. The number of para-hydroxylation sites is 1. The lowest BCUT2D eigenvalue weighted by molar-refractivity contribution is -0.147. The molecule has 4 heteroatoms. The first-order valence-electron chi connectivity index (χ1n) is 4.77. The summed E-state index contributed by atoms with van der Waals surface area (Å²) in [4.78, 5) is 11.3. The quantitative estimate of drug-likeness (QED) is 0.753. The second kappa shape index (κ2) is 3.55. The molecule has 2 N–H and O–H groups in total. The number of hydrogen-bond acceptors (Lipinski definition) is 3. The van der Waals surface area contributed by atoms with Gasteiger partial charge >= 0.3 is 5.97 Å². The molecule has 80 valence electrons. The number of benzene rings is 1. The van der Waals surface area contributed by atoms with Crippen molar-refractivity contribution in [2.75, 3.05) is 13.2 Å². The number of fused-ring (bicyclic) bond motifs is 1. The Labute approximate surface area is 87.1 Å². The highest BCUT2D eigenvalue weighted by molar-refractivity contribution is 5.83. The van der Waals surface area contributed by atoms with Crippen LogP contribution in [0.25, 0.3) is 0 Å². The molecule has 0 saturated carbocycles. The van der Waals surface area contributed by atoms with E-state index in [4.69, 9.17) is 4.74 Å². The summed E-state index contributed by atoms with van der Waals surface area (Å²) in [5, 5.41) is 18.5. The second-order valence-electron chi connectivity index (χ2n) is 3.64. The fourth-order valence-electron chi connectivity index (χ4n) is 1.91. The first-order valence-corrected chi connectivity index (χ1v) is 4.77. The average molecular weight is 208 g/mol. The van der Waals surface area contributed by atoms with Crippen LogP contribution >= 0.6 is 0 Å². The van der Waals surface area contributed by atoms with Gasteiger partial charge in [0.25, 0.3) is 0 Å². The lowest BCUT2D eigenvalue weighted by Crippen LogP contribution is -2.43. The van der Waals surface area contributed by atoms with Crippen LogP contribution in [0, 0.1) is 0 Å². The normalized spacial score (nSPS) is 24.1. The van der Waals surface area contributed by atoms with Crippen molar-refractivity contribution < 1.29 is 19.7 Å². The highest BCUT2D eigenvalue weighted by Crippen LogP contribution is 2.38. The van der Waals surface area contributed by atoms with E-state index in [-0.39, 0.29) is 0 Å². The van der Waals surface area contributed by atoms with Gasteiger partial charge in [-0.05, 0) is 6.07 Å². The number of aliphatic hydroxyl groups excluding tert-OH is 1. The number of aliphatic carboxylic acids is 1. The van der Waals surface area contributed by atoms with E-state index >= 15 is 0 Å². The van der Waals surface area contributed by atoms with E-state index in [1.165, 1.54) is 0 Å². The molecule has 1 aromatic rings. The zero-order valence-corrected chi connectivity index (χ0v) is 8.14. The Morgan fingerprint density at radius 3 is 2.87 bits per heavy atom. The number of carboxylic acid groups (broad SMARTS) is 1. The van der Waals surface area contributed by atoms with Gasteiger partial charge < -0.3 is 14.9 Å². The van der Waals surface area contributed by atoms with E-state index in [9.17, 15) is 15.0 Å². The lowest BCUT2D eigenvalue weighted by Gasteiger charge is -2.33. The molecule has 1 aliphatic heterocycles. The molecule has 0 spiro atoms. The topological polar surface area (TPSA) is 66.8 Å². The van der Waals surface area contributed by atoms with Crippen molar-refractivity contribution in [2.24, 2.45) is 0 Å². The van der Waals surface area contributed by atoms with Crippen molar-refractivity contribution in [3.63, 3.8) is 0 Å². The van der Waals surface area contributed by atoms with Crippen molar-refractivity contribution in [2.45, 2.75) is 11.8 Å². The van der Waals surface area contributed by atoms with Crippen LogP contribution in [0.2, 0.25) is 0 Å². The molecule has 0 aliphatic carbocycles. The van der Waals surface area contributed by atoms with Gasteiger partial charge in [-0.25, -0.2) is 0 Å². The summed E-state index contributed by atoms with van der Waals surface area (Å²) in [5.74, 6) is -0.444. The molecule has 2 rings (SSSR count). The standard InChI is InChI=1S/C11H12O4/c12-7-11(10(13)14)5-6-15-9-4-2-1-3-8(9)11/h1-4,12H,5-7H2,(H,13,14). The highest BCUT2D eigenvalue weighted by atomic mass is 16.5. The van der Waals surface area contributed by atoms with E-state index < -0.39 is 18.0 Å². The Morgan fingerprint density at radius 1 is 1.47 bits per heavy atom. The van der Waals surface area contributed by atoms with Gasteiger partial charge in [0.15, 0.2) is 0 Å². The molecule has 0 aromatic heterocycles. The zero-order valence-electron chi connectivity index (χ0n) is 8.14. The van der Waals surface area contributed by atoms with E-state index in [1.807, 2.05) is 0 Å². The number of ether oxygens (including phenoxy) is 1. The summed E-state index contributed by atoms with van der Waals surface area (Å²) in [5.41, 5.74) is -0.638. The molecule has 0 radical (unpaired) electrons. The average Bonchev–Trinajstić information content (AvgIpc) is 2.28. The number of rotatable bonds is 2. The molecule has 1 aromatic carbocycles. The Bertz CT molecular complexity index is 388. The Hall–Kier alpha value is -1.55. The van der Waals surface area contributed by atoms with Crippen molar-refractivity contribution >= 4 is 5.97 Å². The molecule has 15 heavy (non-hydrogen) atoms. The van der Waals surface area contributed by atoms with Crippen LogP contribution in [-0.2, 0) is 10.2 Å². The van der Waals surface area contributed by atoms with Gasteiger partial charge in [0, 0.05) is 12.0 Å². The first-order chi connectivity index (χ1) is 7.20. The Balaban J connectivity index is 2.57. The molecular weight excluding hydrogens is 196 g/mol. The minimum atomic E-state index is -1.20. The predicted octanol–water partition coefficient (Wildman–Crippen LogP) is 0.784. The van der Waals surface area contributed by atoms with Crippen molar-refractivity contribution in [1.82, 2.24) is 0 Å². The highest BCUT2D eigenvalue weighted by Gasteiger charge is 2.44. The van der Waals surface area contributed by atoms with Crippen LogP contribution in [0.4, 0.5) is 0 Å². The van der Waals surface area contributed by atoms with Crippen molar-refractivity contribution in [1.29, 1.82) is 0 Å². The van der Waals surface area contributed by atoms with E-state index in [0.717, 1.165) is 0 Å². The number of aliphatic hydroxyl groups is 1. The maximum absolute atomic E-state index is 11.3. The van der Waals surface area contributed by atoms with Gasteiger partial charge in [0.05, 0.1) is 13.2 Å². The first kappa shape index (κ1) is 9.98. The molecule has 0 amide bonds. The summed E-state index contributed by atoms with van der Waals surface area (Å²) >= 11 is 0. The summed E-state index contributed by atoms with van der Waals surface area (Å²) in [6.07, 6.45) is 0.301. The lowest BCUT2D eigenvalue weighted by atomic mass is 9.77. The van der Waals surface area contributed by atoms with Gasteiger partial charge in [-0.15, -0.1) is 0 Å². The molecule has 1 atom stereocenters. The molecule has 1 aliphatic rings. The van der Waals surface area contributed by atoms with Crippen LogP contribution in [0.5, 0.6) is 5.75 Å². The maximum Gasteiger partial charge on any atom is 0.316 e. The van der Waals surface area contributed by atoms with Gasteiger partial charge in [0.2, 0.25) is 0 Å². The minimum Gasteiger partial charge on any atom is -0.493 e. The van der Waals surface area contributed by atoms with Crippen LogP contribution < -0.4 is 4.74 Å². The van der Waals surface area contributed by atoms with Crippen LogP contribution in [-0.4, -0.2) is 29.4 Å². The molecule has 1 unspecified atom stereocenters. The third kappa shape index (κ3) is 1.37. The smallest absolute Gasteiger partial charge is 0.316 e. The number of hydrogen-bond donors (Lipinski definition) is 2. The van der Waals surface area contributed by atoms with Gasteiger partial charge in [0.1, 0.15) is 11.2 Å². The summed E-state index contributed by atoms with van der Waals surface area (Å²) < 4.78 is 5.36. The van der Waals surface area contributed by atoms with Gasteiger partial charge in [-0.1, -0.05) is 18.2 Å². The molecule has 0 saturated heterocycles. The monoisotopic (exact) mass is 208 g/mol. The third-order valence-corrected chi connectivity index (χ3v) is 2.87. The summed E-state index contributed by atoms with van der Waals surface area (Å²) in [7, 11) is 0. The minimum absolute atomic E-state index is 0.301. The van der Waals surface area contributed by atoms with Gasteiger partial charge in [-0.3, -0.25) is 4.79 Å². The van der Waals surface area contributed by atoms with Crippen molar-refractivity contribution in [3.05, 3.63) is 29.8 Å². The zero-order chi connectivity index (χ0) is 10.9. The Kier molecular flexibility index (Phi) is 2.36. The molecule has 0 bridgehead atoms. The molecule has 4 nitrogen and oxygen atoms in total. The maximum atomic E-state index is 11.3. The second-order valence-corrected chi connectivity index (χ2v) is 3.64. The van der Waals surface area contributed by atoms with Crippen molar-refractivity contribution in [3.8, 4) is 5.75 Å². The largest absolute Gasteiger partial charge is 0.493 e.